The third-order valence-corrected chi connectivity index (χ3v) is 8.74. The number of hydrogen-bond donors (Lipinski definition) is 0. The topological polar surface area (TPSA) is 80.8 Å². The molecule has 0 saturated heterocycles. The highest BCUT2D eigenvalue weighted by molar-refractivity contribution is 7.90. The summed E-state index contributed by atoms with van der Waals surface area (Å²) < 4.78 is 55.9. The minimum Gasteiger partial charge on any atom is -0.383 e. The van der Waals surface area contributed by atoms with Gasteiger partial charge in [-0.25, -0.2) is 16.8 Å². The molecule has 0 aliphatic rings. The third-order valence-electron chi connectivity index (χ3n) is 4.69. The van der Waals surface area contributed by atoms with Gasteiger partial charge >= 0.3 is 0 Å². The summed E-state index contributed by atoms with van der Waals surface area (Å²) in [6.07, 6.45) is 1.18. The highest BCUT2D eigenvalue weighted by atomic mass is 32.2. The van der Waals surface area contributed by atoms with E-state index in [-0.39, 0.29) is 23.7 Å². The van der Waals surface area contributed by atoms with Crippen LogP contribution in [0, 0.1) is 0 Å². The van der Waals surface area contributed by atoms with E-state index in [1.807, 2.05) is 30.3 Å². The molecule has 1 heterocycles. The van der Waals surface area contributed by atoms with Gasteiger partial charge < -0.3 is 4.74 Å². The van der Waals surface area contributed by atoms with E-state index in [1.54, 1.807) is 43.5 Å². The van der Waals surface area contributed by atoms with Crippen LogP contribution in [0.15, 0.2) is 71.6 Å². The molecule has 31 heavy (non-hydrogen) atoms. The number of hydrogen-bond acceptors (Lipinski definition) is 6. The molecular formula is C22H25NO5S3. The van der Waals surface area contributed by atoms with Crippen molar-refractivity contribution in [2.45, 2.75) is 17.2 Å². The van der Waals surface area contributed by atoms with Gasteiger partial charge in [-0.3, -0.25) is 0 Å². The number of ether oxygens (including phenoxy) is 1. The van der Waals surface area contributed by atoms with Gasteiger partial charge in [0.1, 0.15) is 0 Å². The van der Waals surface area contributed by atoms with Crippen molar-refractivity contribution in [3.8, 4) is 10.4 Å². The first-order chi connectivity index (χ1) is 14.7. The minimum absolute atomic E-state index is 0.0667. The molecule has 0 amide bonds. The maximum absolute atomic E-state index is 13.0. The van der Waals surface area contributed by atoms with Crippen LogP contribution in [0.1, 0.15) is 10.4 Å². The second-order valence-electron chi connectivity index (χ2n) is 7.13. The Morgan fingerprint density at radius 2 is 1.58 bits per heavy atom. The van der Waals surface area contributed by atoms with Gasteiger partial charge in [-0.15, -0.1) is 11.3 Å². The number of sulfone groups is 1. The first-order valence-corrected chi connectivity index (χ1v) is 13.9. The van der Waals surface area contributed by atoms with Crippen LogP contribution in [0.3, 0.4) is 0 Å². The first-order valence-electron chi connectivity index (χ1n) is 9.59. The molecular weight excluding hydrogens is 454 g/mol. The largest absolute Gasteiger partial charge is 0.383 e. The molecule has 2 aromatic carbocycles. The fourth-order valence-electron chi connectivity index (χ4n) is 3.04. The van der Waals surface area contributed by atoms with Crippen LogP contribution in [0.5, 0.6) is 0 Å². The maximum Gasteiger partial charge on any atom is 0.218 e. The highest BCUT2D eigenvalue weighted by Gasteiger charge is 2.23. The number of rotatable bonds is 10. The van der Waals surface area contributed by atoms with Crippen molar-refractivity contribution in [2.75, 3.05) is 26.5 Å². The summed E-state index contributed by atoms with van der Waals surface area (Å²) in [4.78, 5) is 2.11. The Hall–Kier alpha value is -2.04. The summed E-state index contributed by atoms with van der Waals surface area (Å²) in [5.41, 5.74) is 1.63. The lowest BCUT2D eigenvalue weighted by atomic mass is 10.2. The molecule has 0 aliphatic carbocycles. The predicted molar refractivity (Wildman–Crippen MR) is 124 cm³/mol. The Kier molecular flexibility index (Phi) is 7.66. The zero-order valence-electron chi connectivity index (χ0n) is 17.4. The van der Waals surface area contributed by atoms with Gasteiger partial charge in [-0.1, -0.05) is 42.5 Å². The number of thiophene rings is 1. The Balaban J connectivity index is 1.79. The first kappa shape index (κ1) is 23.6. The molecule has 3 aromatic rings. The Labute approximate surface area is 188 Å². The van der Waals surface area contributed by atoms with Crippen molar-refractivity contribution in [1.29, 1.82) is 0 Å². The van der Waals surface area contributed by atoms with Crippen LogP contribution in [-0.4, -0.2) is 47.7 Å². The molecule has 0 aliphatic heterocycles. The number of methoxy groups -OCH3 is 1. The Morgan fingerprint density at radius 3 is 2.19 bits per heavy atom. The molecule has 0 spiro atoms. The minimum atomic E-state index is -3.53. The van der Waals surface area contributed by atoms with Crippen molar-refractivity contribution in [3.05, 3.63) is 77.2 Å². The van der Waals surface area contributed by atoms with Crippen LogP contribution in [0.2, 0.25) is 0 Å². The van der Waals surface area contributed by atoms with Gasteiger partial charge in [0.15, 0.2) is 9.84 Å². The van der Waals surface area contributed by atoms with Crippen LogP contribution in [-0.2, 0) is 36.9 Å². The summed E-state index contributed by atoms with van der Waals surface area (Å²) in [6, 6.07) is 19.6. The van der Waals surface area contributed by atoms with E-state index in [9.17, 15) is 16.8 Å². The number of nitrogens with zero attached hydrogens (tertiary/aromatic N) is 1. The Bertz CT molecular complexity index is 1200. The zero-order valence-corrected chi connectivity index (χ0v) is 19.8. The van der Waals surface area contributed by atoms with Crippen molar-refractivity contribution in [1.82, 2.24) is 4.31 Å². The fourth-order valence-corrected chi connectivity index (χ4v) is 6.27. The van der Waals surface area contributed by atoms with Gasteiger partial charge in [-0.2, -0.15) is 4.31 Å². The quantitative estimate of drug-likeness (QED) is 0.442. The SMILES string of the molecule is COCCN(Cc1ccc(-c2ccc(S(C)(=O)=O)cc2)s1)S(=O)(=O)Cc1ccccc1. The van der Waals surface area contributed by atoms with Crippen LogP contribution >= 0.6 is 11.3 Å². The van der Waals surface area contributed by atoms with E-state index >= 15 is 0 Å². The van der Waals surface area contributed by atoms with Gasteiger partial charge in [0.2, 0.25) is 10.0 Å². The lowest BCUT2D eigenvalue weighted by molar-refractivity contribution is 0.177. The summed E-state index contributed by atoms with van der Waals surface area (Å²) in [6.45, 7) is 0.825. The molecule has 6 nitrogen and oxygen atoms in total. The second-order valence-corrected chi connectivity index (χ2v) is 12.3. The lowest BCUT2D eigenvalue weighted by Crippen LogP contribution is -2.34. The number of benzene rings is 2. The van der Waals surface area contributed by atoms with Crippen LogP contribution in [0.4, 0.5) is 0 Å². The molecule has 166 valence electrons. The van der Waals surface area contributed by atoms with E-state index < -0.39 is 19.9 Å². The van der Waals surface area contributed by atoms with E-state index in [0.29, 0.717) is 6.61 Å². The van der Waals surface area contributed by atoms with E-state index in [0.717, 1.165) is 20.9 Å². The van der Waals surface area contributed by atoms with E-state index in [1.165, 1.54) is 21.9 Å². The monoisotopic (exact) mass is 479 g/mol. The van der Waals surface area contributed by atoms with Gasteiger partial charge in [0.25, 0.3) is 0 Å². The van der Waals surface area contributed by atoms with E-state index in [4.69, 9.17) is 4.74 Å². The molecule has 0 fully saturated rings. The molecule has 9 heteroatoms. The van der Waals surface area contributed by atoms with Crippen molar-refractivity contribution in [3.63, 3.8) is 0 Å². The molecule has 0 unspecified atom stereocenters. The normalized spacial score (nSPS) is 12.4. The summed E-state index contributed by atoms with van der Waals surface area (Å²) in [5, 5.41) is 0. The summed E-state index contributed by atoms with van der Waals surface area (Å²) in [7, 11) is -5.23. The molecule has 0 bridgehead atoms. The van der Waals surface area contributed by atoms with Gasteiger partial charge in [0, 0.05) is 36.2 Å². The van der Waals surface area contributed by atoms with Gasteiger partial charge in [0.05, 0.1) is 17.3 Å². The summed E-state index contributed by atoms with van der Waals surface area (Å²) >= 11 is 1.49. The maximum atomic E-state index is 13.0. The average molecular weight is 480 g/mol. The lowest BCUT2D eigenvalue weighted by Gasteiger charge is -2.21. The van der Waals surface area contributed by atoms with Crippen LogP contribution in [0.25, 0.3) is 10.4 Å². The molecule has 0 saturated carbocycles. The molecule has 1 aromatic heterocycles. The summed E-state index contributed by atoms with van der Waals surface area (Å²) in [5.74, 6) is -0.0667. The predicted octanol–water partition coefficient (Wildman–Crippen LogP) is 3.80. The molecule has 3 rings (SSSR count). The van der Waals surface area contributed by atoms with Crippen molar-refractivity contribution >= 4 is 31.2 Å². The standard InChI is InChI=1S/C22H25NO5S3/c1-28-15-14-23(31(26,27)17-18-6-4-3-5-7-18)16-20-10-13-22(29-20)19-8-11-21(12-9-19)30(2,24)25/h3-13H,14-17H2,1-2H3. The smallest absolute Gasteiger partial charge is 0.218 e. The van der Waals surface area contributed by atoms with Gasteiger partial charge in [-0.05, 0) is 35.4 Å². The zero-order chi connectivity index (χ0) is 22.5. The average Bonchev–Trinajstić information content (AvgIpc) is 3.19. The molecule has 0 N–H and O–H groups in total. The number of sulfonamides is 1. The molecule has 0 atom stereocenters. The van der Waals surface area contributed by atoms with Crippen molar-refractivity contribution in [2.24, 2.45) is 0 Å². The van der Waals surface area contributed by atoms with Crippen LogP contribution < -0.4 is 0 Å². The third kappa shape index (κ3) is 6.47. The Morgan fingerprint density at radius 1 is 0.903 bits per heavy atom. The second kappa shape index (κ2) is 10.1. The van der Waals surface area contributed by atoms with E-state index in [2.05, 4.69) is 0 Å². The highest BCUT2D eigenvalue weighted by Crippen LogP contribution is 2.30. The molecule has 0 radical (unpaired) electrons. The van der Waals surface area contributed by atoms with Crippen molar-refractivity contribution < 1.29 is 21.6 Å². The fraction of sp³-hybridized carbons (Fsp3) is 0.273.